The molecule has 448 valence electrons. The average molecular weight is 1490 g/mol. The Morgan fingerprint density at radius 1 is 0.571 bits per heavy atom. The first kappa shape index (κ1) is 71.6. The number of sulfonamides is 2. The van der Waals surface area contributed by atoms with Crippen LogP contribution in [0.4, 0.5) is 11.4 Å². The second-order valence-corrected chi connectivity index (χ2v) is 49.2. The number of hydrogen-bond acceptors (Lipinski definition) is 11. The summed E-state index contributed by atoms with van der Waals surface area (Å²) in [6, 6.07) is 43.2. The van der Waals surface area contributed by atoms with Gasteiger partial charge in [-0.3, -0.25) is 4.79 Å². The topological polar surface area (TPSA) is 139 Å². The minimum Gasteiger partial charge on any atom is -0.392 e. The van der Waals surface area contributed by atoms with Crippen molar-refractivity contribution in [2.45, 2.75) is 87.5 Å². The summed E-state index contributed by atoms with van der Waals surface area (Å²) in [5.41, 5.74) is 6.49. The van der Waals surface area contributed by atoms with E-state index in [1.54, 1.807) is 126 Å². The zero-order chi connectivity index (χ0) is 60.7. The summed E-state index contributed by atoms with van der Waals surface area (Å²) in [5, 5.41) is 19.8. The van der Waals surface area contributed by atoms with Crippen LogP contribution in [0.3, 0.4) is 0 Å². The highest BCUT2D eigenvalue weighted by atomic mass is 35.5. The van der Waals surface area contributed by atoms with Crippen molar-refractivity contribution < 1.29 is 31.8 Å². The summed E-state index contributed by atoms with van der Waals surface area (Å²) >= 11 is 33.4. The third kappa shape index (κ3) is 20.5. The molecule has 2 aliphatic heterocycles. The summed E-state index contributed by atoms with van der Waals surface area (Å²) in [4.78, 5) is 18.7. The molecule has 0 aliphatic carbocycles. The molecule has 0 radical (unpaired) electrons. The number of carbonyl (C=O) groups excluding carboxylic acids is 1. The van der Waals surface area contributed by atoms with Crippen LogP contribution in [0.15, 0.2) is 155 Å². The van der Waals surface area contributed by atoms with Gasteiger partial charge in [0, 0.05) is 76.3 Å². The molecule has 2 heterocycles. The number of rotatable bonds is 17. The highest BCUT2D eigenvalue weighted by molar-refractivity contribution is 8.87. The molecular formula is C54H58Cl2N4O7P4S13. The monoisotopic (exact) mass is 1480 g/mol. The Kier molecular flexibility index (Phi) is 31.5. The number of benzene rings is 6. The highest BCUT2D eigenvalue weighted by Crippen LogP contribution is 2.69. The maximum Gasteiger partial charge on any atom is 0.260 e. The van der Waals surface area contributed by atoms with Crippen molar-refractivity contribution in [3.63, 3.8) is 0 Å². The first-order chi connectivity index (χ1) is 40.5. The van der Waals surface area contributed by atoms with Crippen LogP contribution in [0.5, 0.6) is 0 Å². The molecular weight excluding hydrogens is 1430 g/mol. The predicted molar refractivity (Wildman–Crippen MR) is 385 cm³/mol. The molecule has 0 unspecified atom stereocenters. The van der Waals surface area contributed by atoms with Crippen molar-refractivity contribution in [1.29, 1.82) is 0 Å². The Bertz CT molecular complexity index is 3600. The fraction of sp³-hybridized carbons (Fsp3) is 0.296. The minimum atomic E-state index is -3.61. The van der Waals surface area contributed by atoms with Gasteiger partial charge in [-0.05, 0) is 201 Å². The molecule has 0 bridgehead atoms. The largest absolute Gasteiger partial charge is 0.392 e. The second-order valence-electron chi connectivity index (χ2n) is 18.2. The quantitative estimate of drug-likeness (QED) is 0.0664. The van der Waals surface area contributed by atoms with E-state index in [0.29, 0.717) is 83.0 Å². The number of carbonyl (C=O) groups is 1. The molecule has 0 saturated carbocycles. The Morgan fingerprint density at radius 2 is 0.952 bits per heavy atom. The fourth-order valence-electron chi connectivity index (χ4n) is 8.96. The van der Waals surface area contributed by atoms with E-state index < -0.39 is 20.0 Å². The van der Waals surface area contributed by atoms with Gasteiger partial charge in [-0.2, -0.15) is 8.61 Å². The summed E-state index contributed by atoms with van der Waals surface area (Å²) in [6.45, 7) is 5.22. The van der Waals surface area contributed by atoms with Gasteiger partial charge >= 0.3 is 0 Å². The summed E-state index contributed by atoms with van der Waals surface area (Å²) in [7, 11) is 8.06. The lowest BCUT2D eigenvalue weighted by molar-refractivity contribution is 0.0968. The molecule has 11 nitrogen and oxygen atoms in total. The number of aliphatic hydroxyl groups excluding tert-OH is 2. The van der Waals surface area contributed by atoms with Gasteiger partial charge in [-0.15, -0.1) is 0 Å². The normalized spacial score (nSPS) is 14.6. The standard InChI is InChI=1S/C27H29ClN2O4S.C27H29ClN2O3S2.P4S10/c1-2-20-9-13-24(14-10-20)35(33,34)29-17-15-23(16-18-29)30(22-11-7-21(19-31)8-12-22)27(32)25-5-3-4-6-26(25)28;1-2-20-9-13-24(14-10-20)35(32,33)29-17-15-23(16-18-29)30(22-11-7-21(19-31)8-12-22)27(34)25-5-3-4-6-26(25)28;5-1-4(2-6)3-8-10-12-14-13-11-9-7/h2*3-14,23,31H,2,15-19H2,1H3;. The maximum absolute atomic E-state index is 13.6. The number of halogens is 2. The Hall–Kier alpha value is -1.47. The van der Waals surface area contributed by atoms with Gasteiger partial charge in [-0.25, -0.2) is 16.8 Å². The van der Waals surface area contributed by atoms with Crippen molar-refractivity contribution in [3.05, 3.63) is 189 Å². The lowest BCUT2D eigenvalue weighted by Gasteiger charge is -2.39. The number of nitrogens with zero attached hydrogens (tertiary/aromatic N) is 4. The van der Waals surface area contributed by atoms with Crippen molar-refractivity contribution in [2.75, 3.05) is 36.0 Å². The second kappa shape index (κ2) is 37.0. The first-order valence-electron chi connectivity index (χ1n) is 25.8. The molecule has 6 aromatic carbocycles. The number of thiocarbonyl (C=S) groups is 1. The number of aryl methyl sites for hydroxylation is 2. The Labute approximate surface area is 550 Å². The van der Waals surface area contributed by atoms with Gasteiger partial charge in [-0.1, -0.05) is 152 Å². The zero-order valence-corrected chi connectivity index (χ0v) is 60.8. The van der Waals surface area contributed by atoms with E-state index >= 15 is 0 Å². The SMILES string of the molecule is CCc1ccc(S(=O)(=O)N2CCC(N(C(=O)c3ccccc3Cl)c3ccc(CO)cc3)CC2)cc1.CCc1ccc(S(=O)(=O)N2CCC(N(C(=S)c3ccccc3Cl)c3ccc(CO)cc3)CC2)cc1.S=PP(P=S)P=S=S=S=S=S=S=S=S. The summed E-state index contributed by atoms with van der Waals surface area (Å²) in [6.07, 6.45) is 3.94. The smallest absolute Gasteiger partial charge is 0.260 e. The van der Waals surface area contributed by atoms with Gasteiger partial charge in [0.2, 0.25) is 20.0 Å². The van der Waals surface area contributed by atoms with E-state index in [-0.39, 0.29) is 43.1 Å². The molecule has 6 aromatic rings. The molecule has 8 rings (SSSR count). The van der Waals surface area contributed by atoms with Crippen LogP contribution >= 0.6 is 63.5 Å². The van der Waals surface area contributed by atoms with Crippen LogP contribution in [0.2, 0.25) is 10.0 Å². The van der Waals surface area contributed by atoms with Gasteiger partial charge in [0.05, 0.1) is 45.6 Å². The first-order valence-corrected chi connectivity index (χ1v) is 48.3. The average Bonchev–Trinajstić information content (AvgIpc) is 3.62. The third-order valence-electron chi connectivity index (χ3n) is 13.4. The summed E-state index contributed by atoms with van der Waals surface area (Å²) < 4.78 is 56.0. The van der Waals surface area contributed by atoms with Crippen molar-refractivity contribution in [3.8, 4) is 0 Å². The van der Waals surface area contributed by atoms with Gasteiger partial charge < -0.3 is 20.0 Å². The molecule has 1 amide bonds. The molecule has 2 aliphatic rings. The molecule has 2 saturated heterocycles. The van der Waals surface area contributed by atoms with Crippen molar-refractivity contribution in [2.24, 2.45) is 0 Å². The molecule has 0 spiro atoms. The molecule has 2 fully saturated rings. The van der Waals surface area contributed by atoms with E-state index in [2.05, 4.69) is 4.90 Å². The zero-order valence-electron chi connectivity index (χ0n) is 45.1. The number of anilines is 2. The number of piperidine rings is 2. The van der Waals surface area contributed by atoms with E-state index in [1.165, 1.54) is 20.2 Å². The minimum absolute atomic E-state index is 0.00710. The van der Waals surface area contributed by atoms with Gasteiger partial charge in [0.25, 0.3) is 5.91 Å². The van der Waals surface area contributed by atoms with E-state index in [0.717, 1.165) is 60.4 Å². The predicted octanol–water partition coefficient (Wildman–Crippen LogP) is 13.7. The van der Waals surface area contributed by atoms with Crippen molar-refractivity contribution in [1.82, 2.24) is 8.61 Å². The van der Waals surface area contributed by atoms with Crippen LogP contribution in [0.1, 0.15) is 77.7 Å². The van der Waals surface area contributed by atoms with Gasteiger partial charge in [0.15, 0.2) is 0 Å². The molecule has 0 aromatic heterocycles. The highest BCUT2D eigenvalue weighted by Gasteiger charge is 2.36. The van der Waals surface area contributed by atoms with Crippen LogP contribution in [0, 0.1) is 0 Å². The van der Waals surface area contributed by atoms with Gasteiger partial charge in [0.1, 0.15) is 4.99 Å². The van der Waals surface area contributed by atoms with Crippen LogP contribution in [-0.4, -0.2) is 84.8 Å². The molecule has 0 atom stereocenters. The van der Waals surface area contributed by atoms with E-state index in [9.17, 15) is 31.8 Å². The van der Waals surface area contributed by atoms with E-state index in [4.69, 9.17) is 70.2 Å². The maximum atomic E-state index is 13.6. The lowest BCUT2D eigenvalue weighted by Crippen LogP contribution is -2.49. The molecule has 30 heteroatoms. The van der Waals surface area contributed by atoms with Crippen LogP contribution < -0.4 is 9.80 Å². The van der Waals surface area contributed by atoms with Crippen LogP contribution in [-0.2, 0) is 144 Å². The van der Waals surface area contributed by atoms with Crippen LogP contribution in [0.25, 0.3) is 0 Å². The Balaban J connectivity index is 0.000000221. The lowest BCUT2D eigenvalue weighted by atomic mass is 10.0. The molecule has 2 N–H and O–H groups in total. The fourth-order valence-corrected chi connectivity index (χ4v) is 48.1. The third-order valence-corrected chi connectivity index (χ3v) is 52.0. The summed E-state index contributed by atoms with van der Waals surface area (Å²) in [5.74, 6) is -0.233. The number of amides is 1. The van der Waals surface area contributed by atoms with E-state index in [1.807, 2.05) is 96.1 Å². The number of aliphatic hydroxyl groups is 2. The number of hydrogen-bond donors (Lipinski definition) is 2. The molecule has 84 heavy (non-hydrogen) atoms. The Morgan fingerprint density at radius 3 is 1.36 bits per heavy atom. The van der Waals surface area contributed by atoms with Crippen molar-refractivity contribution >= 4 is 203 Å².